The maximum Gasteiger partial charge on any atom is 0.286 e. The van der Waals surface area contributed by atoms with Crippen LogP contribution in [-0.4, -0.2) is 26.8 Å². The first-order valence-corrected chi connectivity index (χ1v) is 10.6. The van der Waals surface area contributed by atoms with Gasteiger partial charge in [-0.3, -0.25) is 19.3 Å². The van der Waals surface area contributed by atoms with Gasteiger partial charge in [0.1, 0.15) is 11.4 Å². The maximum absolute atomic E-state index is 12.5. The van der Waals surface area contributed by atoms with E-state index in [0.717, 1.165) is 22.4 Å². The molecule has 0 aliphatic heterocycles. The number of nitrogens with zero attached hydrogens (tertiary/aromatic N) is 3. The zero-order valence-corrected chi connectivity index (χ0v) is 18.6. The number of fused-ring (bicyclic) bond motifs is 1. The first kappa shape index (κ1) is 22.0. The molecule has 4 rings (SSSR count). The van der Waals surface area contributed by atoms with Crippen molar-refractivity contribution >= 4 is 22.9 Å². The number of nitro groups is 1. The molecule has 8 nitrogen and oxygen atoms in total. The molecule has 2 aromatic heterocycles. The number of rotatable bonds is 7. The molecule has 0 aliphatic rings. The van der Waals surface area contributed by atoms with Crippen LogP contribution >= 0.6 is 0 Å². The second-order valence-electron chi connectivity index (χ2n) is 8.09. The molecule has 0 radical (unpaired) electrons. The highest BCUT2D eigenvalue weighted by Crippen LogP contribution is 2.27. The third-order valence-corrected chi connectivity index (χ3v) is 5.36. The maximum atomic E-state index is 12.5. The van der Waals surface area contributed by atoms with Crippen molar-refractivity contribution in [1.29, 1.82) is 0 Å². The highest BCUT2D eigenvalue weighted by molar-refractivity contribution is 5.93. The van der Waals surface area contributed by atoms with Gasteiger partial charge in [0.2, 0.25) is 0 Å². The minimum absolute atomic E-state index is 0.000291. The van der Waals surface area contributed by atoms with Crippen molar-refractivity contribution in [3.05, 3.63) is 88.2 Å². The van der Waals surface area contributed by atoms with Gasteiger partial charge in [0.25, 0.3) is 11.6 Å². The van der Waals surface area contributed by atoms with Crippen LogP contribution in [0.3, 0.4) is 0 Å². The third kappa shape index (κ3) is 4.85. The Morgan fingerprint density at radius 1 is 1.12 bits per heavy atom. The van der Waals surface area contributed by atoms with E-state index < -0.39 is 4.92 Å². The molecular formula is C25H24N4O4. The Hall–Kier alpha value is -4.20. The lowest BCUT2D eigenvalue weighted by atomic mass is 9.98. The average molecular weight is 444 g/mol. The number of carbonyl (C=O) groups is 1. The van der Waals surface area contributed by atoms with Crippen LogP contribution in [0.2, 0.25) is 0 Å². The first-order valence-electron chi connectivity index (χ1n) is 10.6. The Bertz CT molecular complexity index is 1330. The summed E-state index contributed by atoms with van der Waals surface area (Å²) in [6.07, 6.45) is 3.17. The van der Waals surface area contributed by atoms with E-state index in [-0.39, 0.29) is 18.2 Å². The molecule has 2 heterocycles. The van der Waals surface area contributed by atoms with Gasteiger partial charge in [0, 0.05) is 23.5 Å². The SMILES string of the molecule is Cc1cccc(C(C)C)c1NC(=O)COc1ccc(-c2cn3cc([N+](=O)[O-])ccc3n2)cc1. The lowest BCUT2D eigenvalue weighted by Gasteiger charge is -2.16. The molecule has 1 N–H and O–H groups in total. The van der Waals surface area contributed by atoms with E-state index in [0.29, 0.717) is 23.0 Å². The monoisotopic (exact) mass is 444 g/mol. The van der Waals surface area contributed by atoms with Crippen molar-refractivity contribution in [3.8, 4) is 17.0 Å². The standard InChI is InChI=1S/C25H24N4O4/c1-16(2)21-6-4-5-17(3)25(21)27-24(30)15-33-20-10-7-18(8-11-20)22-14-28-13-19(29(31)32)9-12-23(28)26-22/h4-14,16H,15H2,1-3H3,(H,27,30). The van der Waals surface area contributed by atoms with Crippen LogP contribution in [0.25, 0.3) is 16.9 Å². The number of para-hydroxylation sites is 1. The number of pyridine rings is 1. The zero-order chi connectivity index (χ0) is 23.5. The fourth-order valence-electron chi connectivity index (χ4n) is 3.62. The van der Waals surface area contributed by atoms with Crippen LogP contribution in [0, 0.1) is 17.0 Å². The molecule has 0 spiro atoms. The number of hydrogen-bond donors (Lipinski definition) is 1. The molecule has 0 saturated heterocycles. The number of ether oxygens (including phenoxy) is 1. The largest absolute Gasteiger partial charge is 0.484 e. The summed E-state index contributed by atoms with van der Waals surface area (Å²) in [5, 5.41) is 13.9. The number of hydrogen-bond acceptors (Lipinski definition) is 5. The van der Waals surface area contributed by atoms with Crippen molar-refractivity contribution < 1.29 is 14.5 Å². The summed E-state index contributed by atoms with van der Waals surface area (Å²) in [6, 6.07) is 16.2. The van der Waals surface area contributed by atoms with Crippen LogP contribution in [-0.2, 0) is 4.79 Å². The molecule has 8 heteroatoms. The summed E-state index contributed by atoms with van der Waals surface area (Å²) < 4.78 is 7.28. The van der Waals surface area contributed by atoms with Crippen LogP contribution in [0.5, 0.6) is 5.75 Å². The quantitative estimate of drug-likeness (QED) is 0.306. The summed E-state index contributed by atoms with van der Waals surface area (Å²) in [5.41, 5.74) is 5.06. The van der Waals surface area contributed by atoms with Gasteiger partial charge in [0.05, 0.1) is 16.8 Å². The normalized spacial score (nSPS) is 11.0. The predicted octanol–water partition coefficient (Wildman–Crippen LogP) is 5.36. The van der Waals surface area contributed by atoms with Gasteiger partial charge >= 0.3 is 0 Å². The van der Waals surface area contributed by atoms with E-state index in [2.05, 4.69) is 24.1 Å². The number of amides is 1. The van der Waals surface area contributed by atoms with E-state index in [4.69, 9.17) is 4.74 Å². The zero-order valence-electron chi connectivity index (χ0n) is 18.6. The molecule has 4 aromatic rings. The average Bonchev–Trinajstić information content (AvgIpc) is 3.22. The first-order chi connectivity index (χ1) is 15.8. The molecule has 0 aliphatic carbocycles. The van der Waals surface area contributed by atoms with Crippen LogP contribution in [0.15, 0.2) is 67.0 Å². The minimum Gasteiger partial charge on any atom is -0.484 e. The van der Waals surface area contributed by atoms with Crippen molar-refractivity contribution in [2.75, 3.05) is 11.9 Å². The van der Waals surface area contributed by atoms with Crippen molar-refractivity contribution in [2.45, 2.75) is 26.7 Å². The van der Waals surface area contributed by atoms with Crippen molar-refractivity contribution in [2.24, 2.45) is 0 Å². The minimum atomic E-state index is -0.440. The van der Waals surface area contributed by atoms with Gasteiger partial charge in [-0.1, -0.05) is 32.0 Å². The molecule has 33 heavy (non-hydrogen) atoms. The molecule has 0 atom stereocenters. The Morgan fingerprint density at radius 2 is 1.88 bits per heavy atom. The second kappa shape index (κ2) is 9.12. The Labute approximate surface area is 191 Å². The number of anilines is 1. The van der Waals surface area contributed by atoms with Gasteiger partial charge < -0.3 is 10.1 Å². The van der Waals surface area contributed by atoms with Gasteiger partial charge in [-0.2, -0.15) is 0 Å². The highest BCUT2D eigenvalue weighted by Gasteiger charge is 2.13. The molecule has 0 unspecified atom stereocenters. The van der Waals surface area contributed by atoms with Crippen LogP contribution in [0.4, 0.5) is 11.4 Å². The molecule has 0 saturated carbocycles. The number of nitrogens with one attached hydrogen (secondary N) is 1. The highest BCUT2D eigenvalue weighted by atomic mass is 16.6. The summed E-state index contributed by atoms with van der Waals surface area (Å²) >= 11 is 0. The fraction of sp³-hybridized carbons (Fsp3) is 0.200. The van der Waals surface area contributed by atoms with E-state index >= 15 is 0 Å². The number of benzene rings is 2. The van der Waals surface area contributed by atoms with Crippen LogP contribution < -0.4 is 10.1 Å². The number of aryl methyl sites for hydroxylation is 1. The smallest absolute Gasteiger partial charge is 0.286 e. The van der Waals surface area contributed by atoms with Crippen LogP contribution in [0.1, 0.15) is 30.9 Å². The molecule has 2 aromatic carbocycles. The van der Waals surface area contributed by atoms with E-state index in [1.165, 1.54) is 12.3 Å². The summed E-state index contributed by atoms with van der Waals surface area (Å²) in [4.78, 5) is 27.5. The Morgan fingerprint density at radius 3 is 2.58 bits per heavy atom. The molecule has 0 fully saturated rings. The number of carbonyl (C=O) groups excluding carboxylic acids is 1. The summed E-state index contributed by atoms with van der Waals surface area (Å²) in [6.45, 7) is 6.04. The van der Waals surface area contributed by atoms with Crippen molar-refractivity contribution in [3.63, 3.8) is 0 Å². The van der Waals surface area contributed by atoms with E-state index in [9.17, 15) is 14.9 Å². The lowest BCUT2D eigenvalue weighted by molar-refractivity contribution is -0.385. The summed E-state index contributed by atoms with van der Waals surface area (Å²) in [5.74, 6) is 0.624. The van der Waals surface area contributed by atoms with Gasteiger partial charge in [0.15, 0.2) is 6.61 Å². The number of imidazole rings is 1. The Balaban J connectivity index is 1.42. The molecule has 0 bridgehead atoms. The number of aromatic nitrogens is 2. The predicted molar refractivity (Wildman–Crippen MR) is 127 cm³/mol. The van der Waals surface area contributed by atoms with E-state index in [1.807, 2.05) is 37.3 Å². The topological polar surface area (TPSA) is 98.8 Å². The van der Waals surface area contributed by atoms with Crippen molar-refractivity contribution in [1.82, 2.24) is 9.38 Å². The van der Waals surface area contributed by atoms with Gasteiger partial charge in [-0.25, -0.2) is 4.98 Å². The molecule has 1 amide bonds. The van der Waals surface area contributed by atoms with E-state index in [1.54, 1.807) is 28.8 Å². The lowest BCUT2D eigenvalue weighted by Crippen LogP contribution is -2.21. The summed E-state index contributed by atoms with van der Waals surface area (Å²) in [7, 11) is 0. The Kier molecular flexibility index (Phi) is 6.08. The second-order valence-corrected chi connectivity index (χ2v) is 8.09. The third-order valence-electron chi connectivity index (χ3n) is 5.36. The fourth-order valence-corrected chi connectivity index (χ4v) is 3.62. The van der Waals surface area contributed by atoms with Gasteiger partial charge in [-0.05, 0) is 54.3 Å². The van der Waals surface area contributed by atoms with Gasteiger partial charge in [-0.15, -0.1) is 0 Å². The molecule has 168 valence electrons. The molecular weight excluding hydrogens is 420 g/mol.